The van der Waals surface area contributed by atoms with Crippen LogP contribution in [0.2, 0.25) is 0 Å². The van der Waals surface area contributed by atoms with Crippen LogP contribution in [0.25, 0.3) is 0 Å². The zero-order valence-electron chi connectivity index (χ0n) is 13.6. The fourth-order valence-electron chi connectivity index (χ4n) is 3.15. The van der Waals surface area contributed by atoms with Crippen molar-refractivity contribution in [2.75, 3.05) is 20.0 Å². The summed E-state index contributed by atoms with van der Waals surface area (Å²) in [6, 6.07) is 5.25. The van der Waals surface area contributed by atoms with Gasteiger partial charge in [-0.25, -0.2) is 0 Å². The third-order valence-electron chi connectivity index (χ3n) is 4.42. The highest BCUT2D eigenvalue weighted by Gasteiger charge is 2.28. The molecule has 1 heterocycles. The molecule has 4 nitrogen and oxygen atoms in total. The molecule has 0 aliphatic heterocycles. The molecule has 0 radical (unpaired) electrons. The van der Waals surface area contributed by atoms with E-state index in [9.17, 15) is 4.79 Å². The van der Waals surface area contributed by atoms with Crippen LogP contribution in [-0.2, 0) is 12.8 Å². The monoisotopic (exact) mass is 331 g/mol. The largest absolute Gasteiger partial charge is 0.497 e. The molecule has 1 atom stereocenters. The van der Waals surface area contributed by atoms with Gasteiger partial charge < -0.3 is 15.2 Å². The SMILES string of the molecule is COc1ccc(OC)c(C(=O)c2c(N)sc3c2CCC(C)C3)c1. The number of carbonyl (C=O) groups is 1. The maximum atomic E-state index is 13.1. The molecule has 0 fully saturated rings. The van der Waals surface area contributed by atoms with Crippen LogP contribution in [0, 0.1) is 5.92 Å². The molecule has 1 aromatic carbocycles. The molecule has 0 saturated carbocycles. The maximum Gasteiger partial charge on any atom is 0.200 e. The summed E-state index contributed by atoms with van der Waals surface area (Å²) in [4.78, 5) is 14.4. The summed E-state index contributed by atoms with van der Waals surface area (Å²) in [5, 5.41) is 0.610. The van der Waals surface area contributed by atoms with E-state index in [1.54, 1.807) is 43.8 Å². The number of rotatable bonds is 4. The van der Waals surface area contributed by atoms with Gasteiger partial charge in [0.25, 0.3) is 0 Å². The standard InChI is InChI=1S/C18H21NO3S/c1-10-4-6-12-15(8-10)23-18(19)16(12)17(20)13-9-11(21-2)5-7-14(13)22-3/h5,7,9-10H,4,6,8,19H2,1-3H3. The lowest BCUT2D eigenvalue weighted by Gasteiger charge is -2.19. The quantitative estimate of drug-likeness (QED) is 0.868. The van der Waals surface area contributed by atoms with Crippen molar-refractivity contribution in [2.45, 2.75) is 26.2 Å². The van der Waals surface area contributed by atoms with Gasteiger partial charge in [0.15, 0.2) is 5.78 Å². The van der Waals surface area contributed by atoms with Gasteiger partial charge in [-0.1, -0.05) is 6.92 Å². The van der Waals surface area contributed by atoms with E-state index in [0.717, 1.165) is 24.8 Å². The molecule has 2 aromatic rings. The summed E-state index contributed by atoms with van der Waals surface area (Å²) in [6.07, 6.45) is 3.02. The fourth-order valence-corrected chi connectivity index (χ4v) is 4.43. The summed E-state index contributed by atoms with van der Waals surface area (Å²) in [6.45, 7) is 2.24. The summed E-state index contributed by atoms with van der Waals surface area (Å²) in [5.74, 6) is 1.74. The van der Waals surface area contributed by atoms with Crippen LogP contribution in [0.15, 0.2) is 18.2 Å². The zero-order chi connectivity index (χ0) is 16.6. The minimum absolute atomic E-state index is 0.0784. The van der Waals surface area contributed by atoms with E-state index in [0.29, 0.717) is 33.5 Å². The van der Waals surface area contributed by atoms with Crippen molar-refractivity contribution in [2.24, 2.45) is 5.92 Å². The number of hydrogen-bond acceptors (Lipinski definition) is 5. The number of ketones is 1. The third-order valence-corrected chi connectivity index (χ3v) is 5.50. The van der Waals surface area contributed by atoms with Crippen LogP contribution < -0.4 is 15.2 Å². The van der Waals surface area contributed by atoms with Crippen LogP contribution in [0.3, 0.4) is 0 Å². The Bertz CT molecular complexity index is 751. The summed E-state index contributed by atoms with van der Waals surface area (Å²) < 4.78 is 10.6. The van der Waals surface area contributed by atoms with Crippen LogP contribution in [0.1, 0.15) is 39.7 Å². The maximum absolute atomic E-state index is 13.1. The topological polar surface area (TPSA) is 61.5 Å². The lowest BCUT2D eigenvalue weighted by molar-refractivity contribution is 0.103. The number of fused-ring (bicyclic) bond motifs is 1. The molecule has 3 rings (SSSR count). The van der Waals surface area contributed by atoms with E-state index in [1.807, 2.05) is 0 Å². The summed E-state index contributed by atoms with van der Waals surface area (Å²) in [5.41, 5.74) is 8.47. The molecular formula is C18H21NO3S. The number of thiophene rings is 1. The highest BCUT2D eigenvalue weighted by molar-refractivity contribution is 7.16. The molecule has 1 aliphatic carbocycles. The van der Waals surface area contributed by atoms with Gasteiger partial charge in [-0.3, -0.25) is 4.79 Å². The van der Waals surface area contributed by atoms with Crippen LogP contribution in [0.5, 0.6) is 11.5 Å². The number of nitrogen functional groups attached to an aromatic ring is 1. The van der Waals surface area contributed by atoms with Crippen LogP contribution in [-0.4, -0.2) is 20.0 Å². The number of nitrogens with two attached hydrogens (primary N) is 1. The third kappa shape index (κ3) is 2.81. The second-order valence-electron chi connectivity index (χ2n) is 5.99. The van der Waals surface area contributed by atoms with Crippen LogP contribution in [0.4, 0.5) is 5.00 Å². The van der Waals surface area contributed by atoms with Crippen molar-refractivity contribution >= 4 is 22.1 Å². The Labute approximate surface area is 140 Å². The summed E-state index contributed by atoms with van der Waals surface area (Å²) in [7, 11) is 3.14. The first kappa shape index (κ1) is 15.9. The van der Waals surface area contributed by atoms with E-state index < -0.39 is 0 Å². The number of benzene rings is 1. The average molecular weight is 331 g/mol. The Morgan fingerprint density at radius 3 is 2.78 bits per heavy atom. The first-order valence-electron chi connectivity index (χ1n) is 7.71. The molecule has 0 bridgehead atoms. The molecule has 1 aromatic heterocycles. The fraction of sp³-hybridized carbons (Fsp3) is 0.389. The lowest BCUT2D eigenvalue weighted by Crippen LogP contribution is -2.13. The van der Waals surface area contributed by atoms with Gasteiger partial charge in [-0.2, -0.15) is 0 Å². The Kier molecular flexibility index (Phi) is 4.31. The number of carbonyl (C=O) groups excluding carboxylic acids is 1. The highest BCUT2D eigenvalue weighted by Crippen LogP contribution is 2.40. The van der Waals surface area contributed by atoms with Crippen molar-refractivity contribution in [1.82, 2.24) is 0 Å². The molecule has 5 heteroatoms. The molecule has 122 valence electrons. The molecule has 0 saturated heterocycles. The van der Waals surface area contributed by atoms with E-state index in [4.69, 9.17) is 15.2 Å². The van der Waals surface area contributed by atoms with Gasteiger partial charge in [-0.05, 0) is 48.9 Å². The van der Waals surface area contributed by atoms with Gasteiger partial charge >= 0.3 is 0 Å². The average Bonchev–Trinajstić information content (AvgIpc) is 2.88. The van der Waals surface area contributed by atoms with Gasteiger partial charge in [0, 0.05) is 4.88 Å². The van der Waals surface area contributed by atoms with Crippen molar-refractivity contribution in [3.8, 4) is 11.5 Å². The number of hydrogen-bond donors (Lipinski definition) is 1. The molecule has 0 spiro atoms. The van der Waals surface area contributed by atoms with Crippen LogP contribution >= 0.6 is 11.3 Å². The predicted molar refractivity (Wildman–Crippen MR) is 92.9 cm³/mol. The van der Waals surface area contributed by atoms with Gasteiger partial charge in [0.2, 0.25) is 0 Å². The van der Waals surface area contributed by atoms with Gasteiger partial charge in [0.05, 0.1) is 30.3 Å². The van der Waals surface area contributed by atoms with Crippen molar-refractivity contribution < 1.29 is 14.3 Å². The molecule has 23 heavy (non-hydrogen) atoms. The normalized spacial score (nSPS) is 16.7. The number of anilines is 1. The first-order valence-corrected chi connectivity index (χ1v) is 8.53. The zero-order valence-corrected chi connectivity index (χ0v) is 14.5. The molecule has 1 unspecified atom stereocenters. The predicted octanol–water partition coefficient (Wildman–Crippen LogP) is 3.70. The highest BCUT2D eigenvalue weighted by atomic mass is 32.1. The lowest BCUT2D eigenvalue weighted by atomic mass is 9.86. The summed E-state index contributed by atoms with van der Waals surface area (Å²) >= 11 is 1.55. The van der Waals surface area contributed by atoms with Crippen molar-refractivity contribution in [3.05, 3.63) is 39.8 Å². The van der Waals surface area contributed by atoms with Gasteiger partial charge in [0.1, 0.15) is 11.5 Å². The Balaban J connectivity index is 2.08. The molecular weight excluding hydrogens is 310 g/mol. The second kappa shape index (κ2) is 6.24. The Morgan fingerprint density at radius 2 is 2.09 bits per heavy atom. The smallest absolute Gasteiger partial charge is 0.200 e. The first-order chi connectivity index (χ1) is 11.0. The second-order valence-corrected chi connectivity index (χ2v) is 7.12. The van der Waals surface area contributed by atoms with E-state index in [1.165, 1.54) is 4.88 Å². The Morgan fingerprint density at radius 1 is 1.30 bits per heavy atom. The van der Waals surface area contributed by atoms with Crippen molar-refractivity contribution in [3.63, 3.8) is 0 Å². The van der Waals surface area contributed by atoms with E-state index >= 15 is 0 Å². The molecule has 1 aliphatic rings. The Hall–Kier alpha value is -2.01. The van der Waals surface area contributed by atoms with E-state index in [2.05, 4.69) is 6.92 Å². The van der Waals surface area contributed by atoms with E-state index in [-0.39, 0.29) is 5.78 Å². The van der Waals surface area contributed by atoms with Gasteiger partial charge in [-0.15, -0.1) is 11.3 Å². The molecule has 0 amide bonds. The van der Waals surface area contributed by atoms with Crippen molar-refractivity contribution in [1.29, 1.82) is 0 Å². The number of methoxy groups -OCH3 is 2. The minimum atomic E-state index is -0.0784. The number of ether oxygens (including phenoxy) is 2. The molecule has 2 N–H and O–H groups in total. The minimum Gasteiger partial charge on any atom is -0.497 e.